The van der Waals surface area contributed by atoms with E-state index in [1.54, 1.807) is 0 Å². The van der Waals surface area contributed by atoms with Gasteiger partial charge in [-0.3, -0.25) is 0 Å². The van der Waals surface area contributed by atoms with E-state index in [9.17, 15) is 0 Å². The Morgan fingerprint density at radius 3 is 3.00 bits per heavy atom. The molecule has 6 heteroatoms. The summed E-state index contributed by atoms with van der Waals surface area (Å²) in [6, 6.07) is 0. The first-order chi connectivity index (χ1) is 7.31. The third kappa shape index (κ3) is 2.56. The molecule has 1 aromatic rings. The fourth-order valence-corrected chi connectivity index (χ4v) is 1.49. The van der Waals surface area contributed by atoms with Gasteiger partial charge >= 0.3 is 0 Å². The van der Waals surface area contributed by atoms with Crippen LogP contribution in [0, 0.1) is 0 Å². The average molecular weight is 277 g/mol. The highest BCUT2D eigenvalue weighted by Crippen LogP contribution is 2.27. The Balaban J connectivity index is 2.05. The second-order valence-electron chi connectivity index (χ2n) is 3.29. The molecular formula is C9H13BrN2O3. The second kappa shape index (κ2) is 5.05. The number of rotatable bonds is 3. The van der Waals surface area contributed by atoms with Crippen molar-refractivity contribution >= 4 is 15.9 Å². The first-order valence-corrected chi connectivity index (χ1v) is 5.89. The molecule has 1 aliphatic heterocycles. The zero-order valence-corrected chi connectivity index (χ0v) is 10.1. The maximum absolute atomic E-state index is 5.50. The molecule has 1 saturated heterocycles. The van der Waals surface area contributed by atoms with Crippen LogP contribution in [-0.4, -0.2) is 30.0 Å². The Kier molecular flexibility index (Phi) is 3.71. The third-order valence-electron chi connectivity index (χ3n) is 2.17. The van der Waals surface area contributed by atoms with E-state index < -0.39 is 0 Å². The second-order valence-corrected chi connectivity index (χ2v) is 4.39. The van der Waals surface area contributed by atoms with E-state index in [0.717, 1.165) is 6.42 Å². The predicted molar refractivity (Wildman–Crippen MR) is 55.8 cm³/mol. The molecule has 2 unspecified atom stereocenters. The Hall–Kier alpha value is -0.460. The van der Waals surface area contributed by atoms with Gasteiger partial charge in [0.25, 0.3) is 0 Å². The molecule has 2 rings (SSSR count). The van der Waals surface area contributed by atoms with Crippen LogP contribution in [0.4, 0.5) is 0 Å². The lowest BCUT2D eigenvalue weighted by atomic mass is 10.3. The van der Waals surface area contributed by atoms with Crippen molar-refractivity contribution in [2.24, 2.45) is 0 Å². The Bertz CT molecular complexity index is 312. The summed E-state index contributed by atoms with van der Waals surface area (Å²) in [5.74, 6) is 1.10. The largest absolute Gasteiger partial charge is 0.421 e. The first-order valence-electron chi connectivity index (χ1n) is 4.98. The van der Waals surface area contributed by atoms with Crippen LogP contribution in [0.2, 0.25) is 0 Å². The lowest BCUT2D eigenvalue weighted by Gasteiger charge is -2.19. The SMILES string of the molecule is CCC(Br)c1nnc(C2COCCO2)o1. The summed E-state index contributed by atoms with van der Waals surface area (Å²) in [6.07, 6.45) is 0.695. The number of hydrogen-bond acceptors (Lipinski definition) is 5. The molecule has 2 heterocycles. The van der Waals surface area contributed by atoms with Gasteiger partial charge in [0.15, 0.2) is 6.10 Å². The van der Waals surface area contributed by atoms with Crippen LogP contribution in [0.3, 0.4) is 0 Å². The van der Waals surface area contributed by atoms with Gasteiger partial charge in [-0.25, -0.2) is 0 Å². The molecule has 0 spiro atoms. The van der Waals surface area contributed by atoms with Gasteiger partial charge in [-0.05, 0) is 6.42 Å². The summed E-state index contributed by atoms with van der Waals surface area (Å²) in [6.45, 7) is 3.74. The van der Waals surface area contributed by atoms with Crippen molar-refractivity contribution in [1.82, 2.24) is 10.2 Å². The van der Waals surface area contributed by atoms with Gasteiger partial charge in [0.1, 0.15) is 0 Å². The van der Waals surface area contributed by atoms with Crippen LogP contribution in [-0.2, 0) is 9.47 Å². The number of nitrogens with zero attached hydrogens (tertiary/aromatic N) is 2. The highest BCUT2D eigenvalue weighted by molar-refractivity contribution is 9.09. The van der Waals surface area contributed by atoms with Crippen molar-refractivity contribution in [3.05, 3.63) is 11.8 Å². The number of hydrogen-bond donors (Lipinski definition) is 0. The standard InChI is InChI=1S/C9H13BrN2O3/c1-2-6(10)8-11-12-9(15-8)7-5-13-3-4-14-7/h6-7H,2-5H2,1H3. The minimum absolute atomic E-state index is 0.114. The summed E-state index contributed by atoms with van der Waals surface area (Å²) >= 11 is 3.45. The molecule has 2 atom stereocenters. The number of ether oxygens (including phenoxy) is 2. The molecule has 0 aliphatic carbocycles. The summed E-state index contributed by atoms with van der Waals surface area (Å²) in [5.41, 5.74) is 0. The van der Waals surface area contributed by atoms with E-state index in [0.29, 0.717) is 31.6 Å². The summed E-state index contributed by atoms with van der Waals surface area (Å²) < 4.78 is 16.2. The molecule has 0 aromatic carbocycles. The fourth-order valence-electron chi connectivity index (χ4n) is 1.31. The summed E-state index contributed by atoms with van der Waals surface area (Å²) in [5, 5.41) is 7.92. The van der Waals surface area contributed by atoms with Crippen LogP contribution >= 0.6 is 15.9 Å². The molecule has 0 amide bonds. The Labute approximate surface area is 96.3 Å². The van der Waals surface area contributed by atoms with Crippen LogP contribution < -0.4 is 0 Å². The quantitative estimate of drug-likeness (QED) is 0.791. The van der Waals surface area contributed by atoms with Crippen LogP contribution in [0.1, 0.15) is 36.1 Å². The van der Waals surface area contributed by atoms with Crippen LogP contribution in [0.5, 0.6) is 0 Å². The molecule has 1 aromatic heterocycles. The lowest BCUT2D eigenvalue weighted by molar-refractivity contribution is -0.0999. The maximum Gasteiger partial charge on any atom is 0.247 e. The molecular weight excluding hydrogens is 264 g/mol. The van der Waals surface area contributed by atoms with Crippen LogP contribution in [0.15, 0.2) is 4.42 Å². The Morgan fingerprint density at radius 2 is 2.33 bits per heavy atom. The number of alkyl halides is 1. The minimum Gasteiger partial charge on any atom is -0.421 e. The molecule has 1 fully saturated rings. The normalized spacial score (nSPS) is 24.0. The smallest absolute Gasteiger partial charge is 0.247 e. The molecule has 0 saturated carbocycles. The summed E-state index contributed by atoms with van der Waals surface area (Å²) in [7, 11) is 0. The van der Waals surface area contributed by atoms with E-state index in [2.05, 4.69) is 26.1 Å². The Morgan fingerprint density at radius 1 is 1.47 bits per heavy atom. The number of aromatic nitrogens is 2. The predicted octanol–water partition coefficient (Wildman–Crippen LogP) is 2.00. The fraction of sp³-hybridized carbons (Fsp3) is 0.778. The third-order valence-corrected chi connectivity index (χ3v) is 3.21. The monoisotopic (exact) mass is 276 g/mol. The van der Waals surface area contributed by atoms with Gasteiger partial charge in [0.2, 0.25) is 11.8 Å². The van der Waals surface area contributed by atoms with Crippen molar-refractivity contribution < 1.29 is 13.9 Å². The molecule has 0 bridgehead atoms. The molecule has 0 radical (unpaired) electrons. The van der Waals surface area contributed by atoms with Gasteiger partial charge in [-0.1, -0.05) is 22.9 Å². The molecule has 1 aliphatic rings. The van der Waals surface area contributed by atoms with Crippen molar-refractivity contribution in [1.29, 1.82) is 0 Å². The van der Waals surface area contributed by atoms with Gasteiger partial charge in [0, 0.05) is 0 Å². The maximum atomic E-state index is 5.50. The zero-order valence-electron chi connectivity index (χ0n) is 8.48. The molecule has 5 nitrogen and oxygen atoms in total. The van der Waals surface area contributed by atoms with Gasteiger partial charge < -0.3 is 13.9 Å². The highest BCUT2D eigenvalue weighted by Gasteiger charge is 2.24. The van der Waals surface area contributed by atoms with E-state index in [1.807, 2.05) is 6.92 Å². The molecule has 84 valence electrons. The molecule has 0 N–H and O–H groups in total. The van der Waals surface area contributed by atoms with E-state index in [4.69, 9.17) is 13.9 Å². The van der Waals surface area contributed by atoms with E-state index in [1.165, 1.54) is 0 Å². The first kappa shape index (κ1) is 11.0. The topological polar surface area (TPSA) is 57.4 Å². The molecule has 15 heavy (non-hydrogen) atoms. The van der Waals surface area contributed by atoms with E-state index >= 15 is 0 Å². The van der Waals surface area contributed by atoms with Crippen molar-refractivity contribution in [2.75, 3.05) is 19.8 Å². The highest BCUT2D eigenvalue weighted by atomic mass is 79.9. The van der Waals surface area contributed by atoms with Gasteiger partial charge in [-0.15, -0.1) is 10.2 Å². The van der Waals surface area contributed by atoms with Gasteiger partial charge in [-0.2, -0.15) is 0 Å². The zero-order chi connectivity index (χ0) is 10.7. The van der Waals surface area contributed by atoms with Crippen molar-refractivity contribution in [3.63, 3.8) is 0 Å². The minimum atomic E-state index is -0.212. The van der Waals surface area contributed by atoms with Crippen molar-refractivity contribution in [2.45, 2.75) is 24.3 Å². The lowest BCUT2D eigenvalue weighted by Crippen LogP contribution is -2.22. The average Bonchev–Trinajstić information content (AvgIpc) is 2.78. The van der Waals surface area contributed by atoms with Gasteiger partial charge in [0.05, 0.1) is 24.6 Å². The van der Waals surface area contributed by atoms with E-state index in [-0.39, 0.29) is 10.9 Å². The number of halogens is 1. The van der Waals surface area contributed by atoms with Crippen LogP contribution in [0.25, 0.3) is 0 Å². The summed E-state index contributed by atoms with van der Waals surface area (Å²) in [4.78, 5) is 0.114. The van der Waals surface area contributed by atoms with Crippen molar-refractivity contribution in [3.8, 4) is 0 Å².